The van der Waals surface area contributed by atoms with Crippen LogP contribution in [0.15, 0.2) is 24.3 Å². The van der Waals surface area contributed by atoms with Crippen LogP contribution in [0.25, 0.3) is 0 Å². The second kappa shape index (κ2) is 8.51. The molecule has 1 aromatic carbocycles. The molecule has 0 saturated heterocycles. The topological polar surface area (TPSA) is 48.3 Å². The molecule has 0 bridgehead atoms. The van der Waals surface area contributed by atoms with Crippen LogP contribution in [-0.4, -0.2) is 38.2 Å². The lowest BCUT2D eigenvalue weighted by Crippen LogP contribution is -2.28. The number of hydrogen-bond donors (Lipinski definition) is 1. The van der Waals surface area contributed by atoms with Crippen molar-refractivity contribution >= 4 is 0 Å². The van der Waals surface area contributed by atoms with Gasteiger partial charge in [0, 0.05) is 19.6 Å². The maximum Gasteiger partial charge on any atom is 0.174 e. The van der Waals surface area contributed by atoms with Gasteiger partial charge in [-0.25, -0.2) is 0 Å². The summed E-state index contributed by atoms with van der Waals surface area (Å²) < 4.78 is 5.26. The van der Waals surface area contributed by atoms with E-state index in [0.717, 1.165) is 31.9 Å². The molecule has 0 radical (unpaired) electrons. The van der Waals surface area contributed by atoms with E-state index in [9.17, 15) is 0 Å². The van der Waals surface area contributed by atoms with Crippen molar-refractivity contribution < 1.29 is 4.74 Å². The Morgan fingerprint density at radius 3 is 3.00 bits per heavy atom. The van der Waals surface area contributed by atoms with Crippen LogP contribution in [0.1, 0.15) is 12.5 Å². The van der Waals surface area contributed by atoms with Crippen LogP contribution in [0, 0.1) is 11.3 Å². The smallest absolute Gasteiger partial charge is 0.174 e. The maximum absolute atomic E-state index is 8.45. The van der Waals surface area contributed by atoms with E-state index < -0.39 is 0 Å². The van der Waals surface area contributed by atoms with Gasteiger partial charge < -0.3 is 15.0 Å². The zero-order chi connectivity index (χ0) is 13.2. The molecule has 0 unspecified atom stereocenters. The zero-order valence-electron chi connectivity index (χ0n) is 11.1. The summed E-state index contributed by atoms with van der Waals surface area (Å²) in [6.07, 6.45) is 0. The van der Waals surface area contributed by atoms with Crippen molar-refractivity contribution in [2.75, 3.05) is 33.3 Å². The molecule has 0 aliphatic carbocycles. The van der Waals surface area contributed by atoms with E-state index in [-0.39, 0.29) is 6.61 Å². The van der Waals surface area contributed by atoms with Crippen LogP contribution < -0.4 is 10.1 Å². The normalized spacial score (nSPS) is 10.3. The van der Waals surface area contributed by atoms with Crippen molar-refractivity contribution in [2.24, 2.45) is 0 Å². The molecule has 18 heavy (non-hydrogen) atoms. The quantitative estimate of drug-likeness (QED) is 0.709. The van der Waals surface area contributed by atoms with Gasteiger partial charge in [-0.3, -0.25) is 0 Å². The first-order valence-electron chi connectivity index (χ1n) is 6.24. The predicted molar refractivity (Wildman–Crippen MR) is 72.4 cm³/mol. The number of nitriles is 1. The Labute approximate surface area is 109 Å². The number of hydrogen-bond acceptors (Lipinski definition) is 4. The van der Waals surface area contributed by atoms with Gasteiger partial charge in [-0.15, -0.1) is 0 Å². The molecule has 0 spiro atoms. The molecular formula is C14H21N3O. The Kier molecular flexibility index (Phi) is 6.85. The van der Waals surface area contributed by atoms with Crippen molar-refractivity contribution in [1.82, 2.24) is 10.2 Å². The van der Waals surface area contributed by atoms with Crippen LogP contribution in [0.4, 0.5) is 0 Å². The van der Waals surface area contributed by atoms with E-state index in [0.29, 0.717) is 0 Å². The Hall–Kier alpha value is -1.57. The number of likely N-dealkylation sites (N-methyl/N-ethyl adjacent to an activating group) is 1. The van der Waals surface area contributed by atoms with E-state index in [1.54, 1.807) is 0 Å². The third-order valence-corrected chi connectivity index (χ3v) is 2.74. The highest BCUT2D eigenvalue weighted by molar-refractivity contribution is 5.28. The minimum Gasteiger partial charge on any atom is -0.479 e. The number of nitrogens with one attached hydrogen (secondary N) is 1. The third kappa shape index (κ3) is 5.67. The van der Waals surface area contributed by atoms with Gasteiger partial charge in [-0.2, -0.15) is 5.26 Å². The number of nitrogens with zero attached hydrogens (tertiary/aromatic N) is 2. The second-order valence-electron chi connectivity index (χ2n) is 4.17. The number of benzene rings is 1. The summed E-state index contributed by atoms with van der Waals surface area (Å²) in [5.41, 5.74) is 1.17. The summed E-state index contributed by atoms with van der Waals surface area (Å²) in [5, 5.41) is 11.8. The van der Waals surface area contributed by atoms with Gasteiger partial charge >= 0.3 is 0 Å². The summed E-state index contributed by atoms with van der Waals surface area (Å²) in [4.78, 5) is 2.26. The average Bonchev–Trinajstić information content (AvgIpc) is 2.41. The molecule has 0 aliphatic heterocycles. The molecule has 98 valence electrons. The molecule has 4 heteroatoms. The third-order valence-electron chi connectivity index (χ3n) is 2.74. The Morgan fingerprint density at radius 1 is 1.44 bits per heavy atom. The zero-order valence-corrected chi connectivity index (χ0v) is 11.1. The minimum absolute atomic E-state index is 0.0954. The van der Waals surface area contributed by atoms with Gasteiger partial charge in [-0.1, -0.05) is 19.1 Å². The molecule has 4 nitrogen and oxygen atoms in total. The van der Waals surface area contributed by atoms with Gasteiger partial charge in [0.25, 0.3) is 0 Å². The van der Waals surface area contributed by atoms with Gasteiger partial charge in [0.2, 0.25) is 0 Å². The highest BCUT2D eigenvalue weighted by Gasteiger charge is 1.98. The average molecular weight is 247 g/mol. The minimum atomic E-state index is 0.0954. The van der Waals surface area contributed by atoms with Crippen LogP contribution in [0.5, 0.6) is 5.75 Å². The molecule has 0 fully saturated rings. The molecular weight excluding hydrogens is 226 g/mol. The molecule has 0 saturated carbocycles. The van der Waals surface area contributed by atoms with E-state index in [1.165, 1.54) is 5.56 Å². The lowest BCUT2D eigenvalue weighted by Gasteiger charge is -2.14. The van der Waals surface area contributed by atoms with Gasteiger partial charge in [-0.05, 0) is 31.3 Å². The first-order valence-corrected chi connectivity index (χ1v) is 6.24. The fourth-order valence-corrected chi connectivity index (χ4v) is 1.52. The first-order chi connectivity index (χ1) is 8.76. The fraction of sp³-hybridized carbons (Fsp3) is 0.500. The van der Waals surface area contributed by atoms with Crippen LogP contribution in [0.3, 0.4) is 0 Å². The van der Waals surface area contributed by atoms with Gasteiger partial charge in [0.1, 0.15) is 11.8 Å². The summed E-state index contributed by atoms with van der Waals surface area (Å²) >= 11 is 0. The monoisotopic (exact) mass is 247 g/mol. The first kappa shape index (κ1) is 14.5. The standard InChI is InChI=1S/C14H21N3O/c1-3-17(2)9-8-16-12-13-5-4-6-14(11-13)18-10-7-15/h4-6,11,16H,3,8-10,12H2,1-2H3. The van der Waals surface area contributed by atoms with E-state index >= 15 is 0 Å². The Balaban J connectivity index is 2.31. The van der Waals surface area contributed by atoms with Crippen molar-refractivity contribution in [1.29, 1.82) is 5.26 Å². The second-order valence-corrected chi connectivity index (χ2v) is 4.17. The molecule has 0 aliphatic rings. The molecule has 1 rings (SSSR count). The lowest BCUT2D eigenvalue weighted by molar-refractivity contribution is 0.348. The van der Waals surface area contributed by atoms with E-state index in [1.807, 2.05) is 24.3 Å². The molecule has 0 aromatic heterocycles. The van der Waals surface area contributed by atoms with Crippen LogP contribution >= 0.6 is 0 Å². The van der Waals surface area contributed by atoms with Crippen molar-refractivity contribution in [3.63, 3.8) is 0 Å². The summed E-state index contributed by atoms with van der Waals surface area (Å²) in [6.45, 7) is 6.14. The Bertz CT molecular complexity index is 387. The molecule has 0 atom stereocenters. The fourth-order valence-electron chi connectivity index (χ4n) is 1.52. The summed E-state index contributed by atoms with van der Waals surface area (Å²) in [5.74, 6) is 0.751. The van der Waals surface area contributed by atoms with Gasteiger partial charge in [0.05, 0.1) is 0 Å². The van der Waals surface area contributed by atoms with Crippen molar-refractivity contribution in [2.45, 2.75) is 13.5 Å². The van der Waals surface area contributed by atoms with E-state index in [2.05, 4.69) is 30.3 Å². The molecule has 1 aromatic rings. The summed E-state index contributed by atoms with van der Waals surface area (Å²) in [7, 11) is 2.11. The number of rotatable bonds is 8. The molecule has 1 N–H and O–H groups in total. The predicted octanol–water partition coefficient (Wildman–Crippen LogP) is 1.63. The van der Waals surface area contributed by atoms with Crippen LogP contribution in [-0.2, 0) is 6.54 Å². The molecule has 0 amide bonds. The molecule has 0 heterocycles. The highest BCUT2D eigenvalue weighted by Crippen LogP contribution is 2.12. The van der Waals surface area contributed by atoms with E-state index in [4.69, 9.17) is 10.00 Å². The van der Waals surface area contributed by atoms with Crippen molar-refractivity contribution in [3.05, 3.63) is 29.8 Å². The van der Waals surface area contributed by atoms with Crippen LogP contribution in [0.2, 0.25) is 0 Å². The lowest BCUT2D eigenvalue weighted by atomic mass is 10.2. The van der Waals surface area contributed by atoms with Crippen molar-refractivity contribution in [3.8, 4) is 11.8 Å². The van der Waals surface area contributed by atoms with Gasteiger partial charge in [0.15, 0.2) is 6.61 Å². The summed E-state index contributed by atoms with van der Waals surface area (Å²) in [6, 6.07) is 9.79. The highest BCUT2D eigenvalue weighted by atomic mass is 16.5. The largest absolute Gasteiger partial charge is 0.479 e. The SMILES string of the molecule is CCN(C)CCNCc1cccc(OCC#N)c1. The Morgan fingerprint density at radius 2 is 2.28 bits per heavy atom. The number of ether oxygens (including phenoxy) is 1. The maximum atomic E-state index is 8.45.